The number of carbonyl (C=O) groups excluding carboxylic acids is 1. The summed E-state index contributed by atoms with van der Waals surface area (Å²) in [5.41, 5.74) is 0.524. The molecule has 1 aromatic rings. The summed E-state index contributed by atoms with van der Waals surface area (Å²) in [7, 11) is 0. The van der Waals surface area contributed by atoms with Gasteiger partial charge in [0.15, 0.2) is 11.6 Å². The largest absolute Gasteiger partial charge is 0.365 e. The Balaban J connectivity index is 2.02. The van der Waals surface area contributed by atoms with Gasteiger partial charge < -0.3 is 10.1 Å². The summed E-state index contributed by atoms with van der Waals surface area (Å²) in [6.07, 6.45) is 0.439. The van der Waals surface area contributed by atoms with Gasteiger partial charge in [-0.1, -0.05) is 13.0 Å². The van der Waals surface area contributed by atoms with E-state index >= 15 is 0 Å². The second-order valence-corrected chi connectivity index (χ2v) is 5.48. The van der Waals surface area contributed by atoms with Crippen LogP contribution in [-0.4, -0.2) is 18.1 Å². The molecule has 0 spiro atoms. The third kappa shape index (κ3) is 3.15. The van der Waals surface area contributed by atoms with E-state index in [2.05, 4.69) is 5.32 Å². The van der Waals surface area contributed by atoms with Gasteiger partial charge in [-0.2, -0.15) is 0 Å². The highest BCUT2D eigenvalue weighted by atomic mass is 19.2. The van der Waals surface area contributed by atoms with Gasteiger partial charge in [0.05, 0.1) is 12.1 Å². The fourth-order valence-corrected chi connectivity index (χ4v) is 2.57. The maximum atomic E-state index is 13.2. The van der Waals surface area contributed by atoms with Gasteiger partial charge in [-0.15, -0.1) is 0 Å². The summed E-state index contributed by atoms with van der Waals surface area (Å²) in [6, 6.07) is 3.22. The Hall–Kier alpha value is -1.49. The van der Waals surface area contributed by atoms with Crippen molar-refractivity contribution in [2.75, 3.05) is 0 Å². The molecule has 1 heterocycles. The van der Waals surface area contributed by atoms with Crippen LogP contribution in [0.1, 0.15) is 38.8 Å². The molecular weight excluding hydrogens is 264 g/mol. The zero-order valence-corrected chi connectivity index (χ0v) is 11.8. The predicted molar refractivity (Wildman–Crippen MR) is 71.0 cm³/mol. The Morgan fingerprint density at radius 3 is 2.60 bits per heavy atom. The number of hydrogen-bond donors (Lipinski definition) is 1. The molecule has 3 nitrogen and oxygen atoms in total. The van der Waals surface area contributed by atoms with Crippen molar-refractivity contribution >= 4 is 5.91 Å². The lowest BCUT2D eigenvalue weighted by atomic mass is 10.0. The average Bonchev–Trinajstić information content (AvgIpc) is 2.71. The third-order valence-corrected chi connectivity index (χ3v) is 3.66. The van der Waals surface area contributed by atoms with Crippen molar-refractivity contribution in [2.45, 2.75) is 45.4 Å². The number of ether oxygens (including phenoxy) is 1. The zero-order chi connectivity index (χ0) is 14.9. The van der Waals surface area contributed by atoms with Gasteiger partial charge in [0.1, 0.15) is 6.10 Å². The Labute approximate surface area is 117 Å². The van der Waals surface area contributed by atoms with E-state index in [9.17, 15) is 13.6 Å². The van der Waals surface area contributed by atoms with Gasteiger partial charge >= 0.3 is 0 Å². The molecule has 0 saturated carbocycles. The molecule has 20 heavy (non-hydrogen) atoms. The first kappa shape index (κ1) is 14.9. The van der Waals surface area contributed by atoms with Gasteiger partial charge in [0, 0.05) is 0 Å². The summed E-state index contributed by atoms with van der Waals surface area (Å²) in [4.78, 5) is 12.1. The summed E-state index contributed by atoms with van der Waals surface area (Å²) < 4.78 is 31.6. The van der Waals surface area contributed by atoms with Crippen LogP contribution in [0.2, 0.25) is 0 Å². The van der Waals surface area contributed by atoms with Crippen molar-refractivity contribution in [3.05, 3.63) is 35.4 Å². The minimum absolute atomic E-state index is 0.0688. The lowest BCUT2D eigenvalue weighted by Crippen LogP contribution is -2.38. The minimum Gasteiger partial charge on any atom is -0.365 e. The number of rotatable bonds is 3. The number of halogens is 2. The smallest absolute Gasteiger partial charge is 0.249 e. The van der Waals surface area contributed by atoms with Gasteiger partial charge in [-0.3, -0.25) is 4.79 Å². The van der Waals surface area contributed by atoms with Crippen LogP contribution in [0.5, 0.6) is 0 Å². The lowest BCUT2D eigenvalue weighted by molar-refractivity contribution is -0.133. The standard InChI is InChI=1S/C15H19F2NO2/c1-8-6-9(2)20-14(8)15(19)18-10(3)11-4-5-12(16)13(17)7-11/h4-5,7-10,14H,6H2,1-3H3,(H,18,19)/t8-,9+,10+,14+/m0/s1. The normalized spacial score (nSPS) is 27.4. The molecule has 1 aliphatic heterocycles. The van der Waals surface area contributed by atoms with Gasteiger partial charge in [0.25, 0.3) is 0 Å². The summed E-state index contributed by atoms with van der Waals surface area (Å²) in [5.74, 6) is -1.86. The molecule has 0 aromatic heterocycles. The van der Waals surface area contributed by atoms with E-state index in [-0.39, 0.29) is 17.9 Å². The summed E-state index contributed by atoms with van der Waals surface area (Å²) >= 11 is 0. The van der Waals surface area contributed by atoms with E-state index < -0.39 is 23.8 Å². The van der Waals surface area contributed by atoms with Crippen LogP contribution >= 0.6 is 0 Å². The van der Waals surface area contributed by atoms with E-state index in [1.54, 1.807) is 6.92 Å². The molecule has 0 radical (unpaired) electrons. The number of benzene rings is 1. The van der Waals surface area contributed by atoms with E-state index in [1.165, 1.54) is 6.07 Å². The van der Waals surface area contributed by atoms with Crippen LogP contribution in [0.25, 0.3) is 0 Å². The molecule has 1 fully saturated rings. The van der Waals surface area contributed by atoms with Crippen molar-refractivity contribution < 1.29 is 18.3 Å². The van der Waals surface area contributed by atoms with Crippen molar-refractivity contribution in [2.24, 2.45) is 5.92 Å². The maximum absolute atomic E-state index is 13.2. The van der Waals surface area contributed by atoms with Crippen LogP contribution in [-0.2, 0) is 9.53 Å². The Bertz CT molecular complexity index is 507. The van der Waals surface area contributed by atoms with Gasteiger partial charge in [-0.25, -0.2) is 8.78 Å². The predicted octanol–water partition coefficient (Wildman–Crippen LogP) is 2.96. The molecule has 5 heteroatoms. The zero-order valence-electron chi connectivity index (χ0n) is 11.8. The first-order valence-corrected chi connectivity index (χ1v) is 6.79. The Morgan fingerprint density at radius 2 is 2.05 bits per heavy atom. The van der Waals surface area contributed by atoms with Crippen molar-refractivity contribution in [3.63, 3.8) is 0 Å². The fraction of sp³-hybridized carbons (Fsp3) is 0.533. The summed E-state index contributed by atoms with van der Waals surface area (Å²) in [6.45, 7) is 5.63. The van der Waals surface area contributed by atoms with E-state index in [1.807, 2.05) is 13.8 Å². The monoisotopic (exact) mass is 283 g/mol. The molecule has 0 aliphatic carbocycles. The maximum Gasteiger partial charge on any atom is 0.249 e. The first-order chi connectivity index (χ1) is 9.38. The Morgan fingerprint density at radius 1 is 1.35 bits per heavy atom. The van der Waals surface area contributed by atoms with Crippen molar-refractivity contribution in [1.29, 1.82) is 0 Å². The van der Waals surface area contributed by atoms with E-state index in [0.717, 1.165) is 18.6 Å². The number of hydrogen-bond acceptors (Lipinski definition) is 2. The summed E-state index contributed by atoms with van der Waals surface area (Å²) in [5, 5.41) is 2.78. The second kappa shape index (κ2) is 5.87. The average molecular weight is 283 g/mol. The van der Waals surface area contributed by atoms with Gasteiger partial charge in [-0.05, 0) is 43.9 Å². The topological polar surface area (TPSA) is 38.3 Å². The SMILES string of the molecule is C[C@@H]1C[C@H](C)[C@H](C(=O)N[C@H](C)c2ccc(F)c(F)c2)O1. The molecule has 1 N–H and O–H groups in total. The lowest BCUT2D eigenvalue weighted by Gasteiger charge is -2.19. The molecule has 1 saturated heterocycles. The Kier molecular flexibility index (Phi) is 4.38. The molecule has 1 aromatic carbocycles. The van der Waals surface area contributed by atoms with Crippen LogP contribution in [0.3, 0.4) is 0 Å². The second-order valence-electron chi connectivity index (χ2n) is 5.48. The quantitative estimate of drug-likeness (QED) is 0.926. The molecule has 1 aliphatic rings. The highest BCUT2D eigenvalue weighted by Gasteiger charge is 2.35. The van der Waals surface area contributed by atoms with E-state index in [0.29, 0.717) is 5.56 Å². The van der Waals surface area contributed by atoms with Crippen LogP contribution in [0, 0.1) is 17.6 Å². The molecule has 0 unspecified atom stereocenters. The molecule has 0 bridgehead atoms. The minimum atomic E-state index is -0.914. The highest BCUT2D eigenvalue weighted by molar-refractivity contribution is 5.81. The van der Waals surface area contributed by atoms with Gasteiger partial charge in [0.2, 0.25) is 5.91 Å². The number of nitrogens with one attached hydrogen (secondary N) is 1. The van der Waals surface area contributed by atoms with E-state index in [4.69, 9.17) is 4.74 Å². The number of carbonyl (C=O) groups is 1. The first-order valence-electron chi connectivity index (χ1n) is 6.79. The molecular formula is C15H19F2NO2. The van der Waals surface area contributed by atoms with Crippen LogP contribution < -0.4 is 5.32 Å². The van der Waals surface area contributed by atoms with Crippen molar-refractivity contribution in [1.82, 2.24) is 5.32 Å². The van der Waals surface area contributed by atoms with Crippen molar-refractivity contribution in [3.8, 4) is 0 Å². The third-order valence-electron chi connectivity index (χ3n) is 3.66. The fourth-order valence-electron chi connectivity index (χ4n) is 2.57. The highest BCUT2D eigenvalue weighted by Crippen LogP contribution is 2.26. The van der Waals surface area contributed by atoms with Crippen LogP contribution in [0.4, 0.5) is 8.78 Å². The molecule has 1 amide bonds. The number of amides is 1. The molecule has 4 atom stereocenters. The molecule has 110 valence electrons. The molecule has 2 rings (SSSR count). The van der Waals surface area contributed by atoms with Crippen LogP contribution in [0.15, 0.2) is 18.2 Å².